The first kappa shape index (κ1) is 14.9. The van der Waals surface area contributed by atoms with Gasteiger partial charge in [-0.25, -0.2) is 4.39 Å². The van der Waals surface area contributed by atoms with Crippen LogP contribution in [0.15, 0.2) is 18.2 Å². The lowest BCUT2D eigenvalue weighted by molar-refractivity contribution is -0.130. The molecule has 6 heteroatoms. The van der Waals surface area contributed by atoms with E-state index in [9.17, 15) is 14.0 Å². The Labute approximate surface area is 119 Å². The van der Waals surface area contributed by atoms with E-state index in [0.717, 1.165) is 0 Å². The van der Waals surface area contributed by atoms with Gasteiger partial charge in [0, 0.05) is 17.7 Å². The maximum atomic E-state index is 12.9. The second-order valence-corrected chi connectivity index (χ2v) is 5.21. The summed E-state index contributed by atoms with van der Waals surface area (Å²) in [7, 11) is 3.24. The fourth-order valence-electron chi connectivity index (χ4n) is 1.40. The van der Waals surface area contributed by atoms with Gasteiger partial charge < -0.3 is 10.2 Å². The number of nitrogens with one attached hydrogen (secondary N) is 1. The Bertz CT molecular complexity index is 477. The summed E-state index contributed by atoms with van der Waals surface area (Å²) in [5.74, 6) is -0.976. The predicted molar refractivity (Wildman–Crippen MR) is 74.7 cm³/mol. The highest BCUT2D eigenvalue weighted by Crippen LogP contribution is 2.14. The molecule has 1 atom stereocenters. The van der Waals surface area contributed by atoms with Crippen molar-refractivity contribution >= 4 is 34.4 Å². The maximum absolute atomic E-state index is 12.9. The quantitative estimate of drug-likeness (QED) is 0.830. The molecule has 0 aliphatic rings. The van der Waals surface area contributed by atoms with E-state index in [2.05, 4.69) is 5.32 Å². The van der Waals surface area contributed by atoms with Crippen molar-refractivity contribution in [2.45, 2.75) is 13.0 Å². The summed E-state index contributed by atoms with van der Waals surface area (Å²) in [5.41, 5.74) is 0.357. The summed E-state index contributed by atoms with van der Waals surface area (Å²) < 4.78 is 13.4. The van der Waals surface area contributed by atoms with Crippen LogP contribution in [0.5, 0.6) is 0 Å². The topological polar surface area (TPSA) is 49.4 Å². The van der Waals surface area contributed by atoms with E-state index in [1.165, 1.54) is 23.1 Å². The van der Waals surface area contributed by atoms with E-state index in [1.807, 2.05) is 22.6 Å². The molecule has 0 bridgehead atoms. The molecular weight excluding hydrogens is 350 g/mol. The normalized spacial score (nSPS) is 11.8. The third-order valence-electron chi connectivity index (χ3n) is 2.33. The summed E-state index contributed by atoms with van der Waals surface area (Å²) in [5, 5.41) is 2.58. The number of amides is 2. The van der Waals surface area contributed by atoms with Crippen LogP contribution in [0.3, 0.4) is 0 Å². The van der Waals surface area contributed by atoms with E-state index in [-0.39, 0.29) is 11.8 Å². The number of carbonyl (C=O) groups excluding carboxylic acids is 2. The minimum absolute atomic E-state index is 0.194. The largest absolute Gasteiger partial charge is 0.347 e. The first-order valence-electron chi connectivity index (χ1n) is 5.30. The second-order valence-electron chi connectivity index (χ2n) is 4.05. The van der Waals surface area contributed by atoms with Crippen molar-refractivity contribution in [3.05, 3.63) is 33.1 Å². The van der Waals surface area contributed by atoms with E-state index in [0.29, 0.717) is 9.13 Å². The van der Waals surface area contributed by atoms with Crippen LogP contribution in [0.1, 0.15) is 17.3 Å². The number of hydrogen-bond acceptors (Lipinski definition) is 2. The molecule has 0 aliphatic carbocycles. The molecule has 0 aromatic heterocycles. The Morgan fingerprint density at radius 2 is 2.00 bits per heavy atom. The van der Waals surface area contributed by atoms with Gasteiger partial charge in [-0.15, -0.1) is 0 Å². The average molecular weight is 364 g/mol. The summed E-state index contributed by atoms with van der Waals surface area (Å²) in [6, 6.07) is 3.27. The van der Waals surface area contributed by atoms with Gasteiger partial charge in [-0.2, -0.15) is 0 Å². The molecule has 0 saturated heterocycles. The van der Waals surface area contributed by atoms with Gasteiger partial charge in [0.1, 0.15) is 11.9 Å². The average Bonchev–Trinajstić information content (AvgIpc) is 2.27. The zero-order chi connectivity index (χ0) is 13.9. The van der Waals surface area contributed by atoms with Gasteiger partial charge in [0.05, 0.1) is 5.56 Å². The number of carbonyl (C=O) groups is 2. The molecule has 1 aromatic carbocycles. The van der Waals surface area contributed by atoms with Crippen molar-refractivity contribution in [1.29, 1.82) is 0 Å². The summed E-state index contributed by atoms with van der Waals surface area (Å²) in [6.07, 6.45) is 0. The molecule has 1 aromatic rings. The van der Waals surface area contributed by atoms with Crippen molar-refractivity contribution < 1.29 is 14.0 Å². The molecule has 0 aliphatic heterocycles. The molecule has 0 heterocycles. The van der Waals surface area contributed by atoms with Gasteiger partial charge in [0.25, 0.3) is 5.91 Å². The van der Waals surface area contributed by atoms with Crippen LogP contribution >= 0.6 is 22.6 Å². The Hall–Kier alpha value is -1.18. The number of benzene rings is 1. The highest BCUT2D eigenvalue weighted by Gasteiger charge is 2.19. The van der Waals surface area contributed by atoms with Gasteiger partial charge in [-0.3, -0.25) is 9.59 Å². The molecule has 0 spiro atoms. The number of rotatable bonds is 3. The van der Waals surface area contributed by atoms with E-state index in [4.69, 9.17) is 0 Å². The monoisotopic (exact) mass is 364 g/mol. The summed E-state index contributed by atoms with van der Waals surface area (Å²) in [4.78, 5) is 24.9. The zero-order valence-corrected chi connectivity index (χ0v) is 12.5. The first-order chi connectivity index (χ1) is 8.32. The number of halogens is 2. The minimum Gasteiger partial charge on any atom is -0.347 e. The van der Waals surface area contributed by atoms with Crippen molar-refractivity contribution in [3.8, 4) is 0 Å². The van der Waals surface area contributed by atoms with Crippen molar-refractivity contribution in [2.24, 2.45) is 0 Å². The van der Waals surface area contributed by atoms with Crippen LogP contribution < -0.4 is 5.32 Å². The van der Waals surface area contributed by atoms with Gasteiger partial charge in [0.2, 0.25) is 5.91 Å². The molecule has 0 saturated carbocycles. The van der Waals surface area contributed by atoms with E-state index in [1.54, 1.807) is 21.0 Å². The lowest BCUT2D eigenvalue weighted by Crippen LogP contribution is -2.44. The third-order valence-corrected chi connectivity index (χ3v) is 3.23. The van der Waals surface area contributed by atoms with E-state index >= 15 is 0 Å². The van der Waals surface area contributed by atoms with Gasteiger partial charge in [-0.05, 0) is 47.7 Å². The minimum atomic E-state index is -0.617. The Morgan fingerprint density at radius 3 is 2.50 bits per heavy atom. The van der Waals surface area contributed by atoms with Gasteiger partial charge in [0.15, 0.2) is 0 Å². The van der Waals surface area contributed by atoms with Crippen molar-refractivity contribution in [2.75, 3.05) is 14.1 Å². The lowest BCUT2D eigenvalue weighted by Gasteiger charge is -2.18. The van der Waals surface area contributed by atoms with Crippen LogP contribution in [-0.2, 0) is 4.79 Å². The van der Waals surface area contributed by atoms with Gasteiger partial charge >= 0.3 is 0 Å². The molecule has 0 radical (unpaired) electrons. The zero-order valence-electron chi connectivity index (χ0n) is 10.3. The number of nitrogens with zero attached hydrogens (tertiary/aromatic N) is 1. The second kappa shape index (κ2) is 6.12. The number of hydrogen-bond donors (Lipinski definition) is 1. The van der Waals surface area contributed by atoms with Crippen LogP contribution in [0, 0.1) is 9.39 Å². The SMILES string of the molecule is C[C@@H](NC(=O)c1ccc(F)cc1I)C(=O)N(C)C. The van der Waals surface area contributed by atoms with Crippen LogP contribution in [-0.4, -0.2) is 36.9 Å². The van der Waals surface area contributed by atoms with Crippen LogP contribution in [0.25, 0.3) is 0 Å². The Kier molecular flexibility index (Phi) is 5.06. The standard InChI is InChI=1S/C12H14FIN2O2/c1-7(12(18)16(2)3)15-11(17)9-5-4-8(13)6-10(9)14/h4-7H,1-3H3,(H,15,17)/t7-/m1/s1. The molecule has 1 N–H and O–H groups in total. The van der Waals surface area contributed by atoms with Crippen molar-refractivity contribution in [3.63, 3.8) is 0 Å². The maximum Gasteiger partial charge on any atom is 0.252 e. The fraction of sp³-hybridized carbons (Fsp3) is 0.333. The highest BCUT2D eigenvalue weighted by molar-refractivity contribution is 14.1. The predicted octanol–water partition coefficient (Wildman–Crippen LogP) is 1.64. The highest BCUT2D eigenvalue weighted by atomic mass is 127. The molecular formula is C12H14FIN2O2. The van der Waals surface area contributed by atoms with Crippen LogP contribution in [0.2, 0.25) is 0 Å². The summed E-state index contributed by atoms with van der Waals surface area (Å²) >= 11 is 1.88. The first-order valence-corrected chi connectivity index (χ1v) is 6.38. The van der Waals surface area contributed by atoms with Crippen LogP contribution in [0.4, 0.5) is 4.39 Å². The Morgan fingerprint density at radius 1 is 1.39 bits per heavy atom. The Balaban J connectivity index is 2.80. The molecule has 0 unspecified atom stereocenters. The molecule has 1 rings (SSSR count). The molecule has 4 nitrogen and oxygen atoms in total. The number of likely N-dealkylation sites (N-methyl/N-ethyl adjacent to an activating group) is 1. The smallest absolute Gasteiger partial charge is 0.252 e. The van der Waals surface area contributed by atoms with Crippen molar-refractivity contribution in [1.82, 2.24) is 10.2 Å². The molecule has 0 fully saturated rings. The third kappa shape index (κ3) is 3.66. The fourth-order valence-corrected chi connectivity index (χ4v) is 2.12. The summed E-state index contributed by atoms with van der Waals surface area (Å²) in [6.45, 7) is 1.61. The van der Waals surface area contributed by atoms with E-state index < -0.39 is 11.9 Å². The molecule has 98 valence electrons. The van der Waals surface area contributed by atoms with Gasteiger partial charge in [-0.1, -0.05) is 0 Å². The molecule has 18 heavy (non-hydrogen) atoms. The molecule has 2 amide bonds. The lowest BCUT2D eigenvalue weighted by atomic mass is 10.2.